The Balaban J connectivity index is 1.95. The lowest BCUT2D eigenvalue weighted by molar-refractivity contribution is 0.664. The molecule has 0 aliphatic rings. The van der Waals surface area contributed by atoms with Crippen LogP contribution in [0.3, 0.4) is 0 Å². The Kier molecular flexibility index (Phi) is 2.66. The Bertz CT molecular complexity index is 1220. The van der Waals surface area contributed by atoms with E-state index in [0.717, 1.165) is 16.9 Å². The van der Waals surface area contributed by atoms with Crippen LogP contribution in [0.1, 0.15) is 11.3 Å². The summed E-state index contributed by atoms with van der Waals surface area (Å²) >= 11 is 0. The monoisotopic (exact) mass is 311 g/mol. The summed E-state index contributed by atoms with van der Waals surface area (Å²) in [6.45, 7) is 4.26. The third-order valence-corrected chi connectivity index (χ3v) is 4.88. The van der Waals surface area contributed by atoms with Gasteiger partial charge in [0, 0.05) is 22.7 Å². The smallest absolute Gasteiger partial charge is 0.159 e. The lowest BCUT2D eigenvalue weighted by Gasteiger charge is -2.10. The summed E-state index contributed by atoms with van der Waals surface area (Å²) in [5.74, 6) is 0. The maximum Gasteiger partial charge on any atom is 0.159 e. The molecule has 0 aliphatic carbocycles. The van der Waals surface area contributed by atoms with E-state index in [2.05, 4.69) is 85.3 Å². The van der Waals surface area contributed by atoms with Crippen molar-refractivity contribution in [3.05, 3.63) is 78.1 Å². The molecule has 0 radical (unpaired) electrons. The first-order valence-electron chi connectivity index (χ1n) is 8.21. The molecule has 0 aliphatic heterocycles. The summed E-state index contributed by atoms with van der Waals surface area (Å²) in [5.41, 5.74) is 5.46. The van der Waals surface area contributed by atoms with Crippen LogP contribution < -0.4 is 0 Å². The zero-order valence-electron chi connectivity index (χ0n) is 13.7. The van der Waals surface area contributed by atoms with Gasteiger partial charge in [0.2, 0.25) is 0 Å². The standard InChI is InChI=1S/C22H17NO/c1-14-9-10-18-19-12-16-7-3-4-8-17(16)13-20(19)24-22(18)21(14)23-11-5-6-15(23)2/h3-13H,1-2H3. The molecule has 0 fully saturated rings. The largest absolute Gasteiger partial charge is 0.454 e. The molecule has 116 valence electrons. The second-order valence-electron chi connectivity index (χ2n) is 6.42. The van der Waals surface area contributed by atoms with Gasteiger partial charge in [-0.05, 0) is 54.4 Å². The Morgan fingerprint density at radius 2 is 1.58 bits per heavy atom. The number of rotatable bonds is 1. The van der Waals surface area contributed by atoms with E-state index in [0.29, 0.717) is 0 Å². The topological polar surface area (TPSA) is 18.1 Å². The molecule has 3 aromatic carbocycles. The van der Waals surface area contributed by atoms with Crippen molar-refractivity contribution in [2.24, 2.45) is 0 Å². The lowest BCUT2D eigenvalue weighted by atomic mass is 10.0. The molecule has 2 aromatic heterocycles. The van der Waals surface area contributed by atoms with Gasteiger partial charge in [-0.1, -0.05) is 36.4 Å². The van der Waals surface area contributed by atoms with E-state index >= 15 is 0 Å². The maximum atomic E-state index is 6.33. The molecule has 0 bridgehead atoms. The number of furan rings is 1. The minimum absolute atomic E-state index is 0.945. The van der Waals surface area contributed by atoms with Crippen LogP contribution in [-0.4, -0.2) is 4.57 Å². The number of aromatic nitrogens is 1. The van der Waals surface area contributed by atoms with Gasteiger partial charge in [-0.25, -0.2) is 0 Å². The van der Waals surface area contributed by atoms with Crippen molar-refractivity contribution < 1.29 is 4.42 Å². The zero-order valence-corrected chi connectivity index (χ0v) is 13.7. The fourth-order valence-electron chi connectivity index (χ4n) is 3.63. The normalized spacial score (nSPS) is 11.8. The van der Waals surface area contributed by atoms with Crippen LogP contribution in [0.4, 0.5) is 0 Å². The van der Waals surface area contributed by atoms with Crippen LogP contribution in [0, 0.1) is 13.8 Å². The summed E-state index contributed by atoms with van der Waals surface area (Å²) in [6, 6.07) is 21.4. The Hall–Kier alpha value is -3.00. The number of nitrogens with zero attached hydrogens (tertiary/aromatic N) is 1. The highest BCUT2D eigenvalue weighted by molar-refractivity contribution is 6.12. The highest BCUT2D eigenvalue weighted by Gasteiger charge is 2.15. The predicted molar refractivity (Wildman–Crippen MR) is 100 cm³/mol. The van der Waals surface area contributed by atoms with Crippen molar-refractivity contribution >= 4 is 32.7 Å². The third kappa shape index (κ3) is 1.77. The number of hydrogen-bond donors (Lipinski definition) is 0. The first-order chi connectivity index (χ1) is 11.7. The number of hydrogen-bond acceptors (Lipinski definition) is 1. The van der Waals surface area contributed by atoms with Gasteiger partial charge in [0.05, 0.1) is 5.69 Å². The van der Waals surface area contributed by atoms with E-state index in [4.69, 9.17) is 4.42 Å². The fourth-order valence-corrected chi connectivity index (χ4v) is 3.63. The predicted octanol–water partition coefficient (Wildman–Crippen LogP) is 6.15. The summed E-state index contributed by atoms with van der Waals surface area (Å²) in [5, 5.41) is 4.80. The Morgan fingerprint density at radius 1 is 0.792 bits per heavy atom. The van der Waals surface area contributed by atoms with Crippen molar-refractivity contribution in [2.75, 3.05) is 0 Å². The van der Waals surface area contributed by atoms with Crippen LogP contribution in [0.2, 0.25) is 0 Å². The van der Waals surface area contributed by atoms with E-state index in [1.54, 1.807) is 0 Å². The van der Waals surface area contributed by atoms with Crippen LogP contribution in [0.25, 0.3) is 38.4 Å². The van der Waals surface area contributed by atoms with E-state index in [1.165, 1.54) is 32.8 Å². The molecule has 0 unspecified atom stereocenters. The summed E-state index contributed by atoms with van der Waals surface area (Å²) < 4.78 is 8.54. The minimum Gasteiger partial charge on any atom is -0.454 e. The lowest BCUT2D eigenvalue weighted by Crippen LogP contribution is -1.97. The highest BCUT2D eigenvalue weighted by Crippen LogP contribution is 2.36. The molecule has 0 spiro atoms. The minimum atomic E-state index is 0.945. The fraction of sp³-hybridized carbons (Fsp3) is 0.0909. The zero-order chi connectivity index (χ0) is 16.3. The molecule has 2 nitrogen and oxygen atoms in total. The number of benzene rings is 3. The van der Waals surface area contributed by atoms with E-state index in [9.17, 15) is 0 Å². The van der Waals surface area contributed by atoms with Crippen LogP contribution in [-0.2, 0) is 0 Å². The van der Waals surface area contributed by atoms with Crippen LogP contribution in [0.5, 0.6) is 0 Å². The molecule has 0 saturated heterocycles. The molecule has 0 saturated carbocycles. The van der Waals surface area contributed by atoms with E-state index < -0.39 is 0 Å². The first-order valence-corrected chi connectivity index (χ1v) is 8.21. The van der Waals surface area contributed by atoms with Gasteiger partial charge in [0.1, 0.15) is 5.58 Å². The van der Waals surface area contributed by atoms with Gasteiger partial charge < -0.3 is 8.98 Å². The third-order valence-electron chi connectivity index (χ3n) is 4.88. The highest BCUT2D eigenvalue weighted by atomic mass is 16.3. The first kappa shape index (κ1) is 13.4. The average Bonchev–Trinajstić information content (AvgIpc) is 3.16. The Labute approximate surface area is 139 Å². The van der Waals surface area contributed by atoms with Crippen molar-refractivity contribution in [3.63, 3.8) is 0 Å². The summed E-state index contributed by atoms with van der Waals surface area (Å²) in [6.07, 6.45) is 2.10. The second-order valence-corrected chi connectivity index (χ2v) is 6.42. The quantitative estimate of drug-likeness (QED) is 0.363. The summed E-state index contributed by atoms with van der Waals surface area (Å²) in [4.78, 5) is 0. The van der Waals surface area contributed by atoms with Crippen LogP contribution in [0.15, 0.2) is 71.3 Å². The molecule has 5 aromatic rings. The molecular formula is C22H17NO. The average molecular weight is 311 g/mol. The van der Waals surface area contributed by atoms with Crippen molar-refractivity contribution in [1.29, 1.82) is 0 Å². The van der Waals surface area contributed by atoms with Gasteiger partial charge in [0.15, 0.2) is 5.58 Å². The number of aryl methyl sites for hydroxylation is 2. The van der Waals surface area contributed by atoms with Crippen molar-refractivity contribution in [1.82, 2.24) is 4.57 Å². The van der Waals surface area contributed by atoms with Crippen molar-refractivity contribution in [2.45, 2.75) is 13.8 Å². The molecule has 0 amide bonds. The van der Waals surface area contributed by atoms with E-state index in [-0.39, 0.29) is 0 Å². The maximum absolute atomic E-state index is 6.33. The molecule has 0 atom stereocenters. The number of fused-ring (bicyclic) bond motifs is 4. The molecule has 2 heteroatoms. The molecule has 5 rings (SSSR count). The van der Waals surface area contributed by atoms with Crippen molar-refractivity contribution in [3.8, 4) is 5.69 Å². The van der Waals surface area contributed by atoms with Crippen LogP contribution >= 0.6 is 0 Å². The molecular weight excluding hydrogens is 294 g/mol. The molecule has 0 N–H and O–H groups in total. The summed E-state index contributed by atoms with van der Waals surface area (Å²) in [7, 11) is 0. The van der Waals surface area contributed by atoms with Gasteiger partial charge in [-0.15, -0.1) is 0 Å². The Morgan fingerprint density at radius 3 is 2.33 bits per heavy atom. The molecule has 2 heterocycles. The van der Waals surface area contributed by atoms with E-state index in [1.807, 2.05) is 0 Å². The molecule has 24 heavy (non-hydrogen) atoms. The second kappa shape index (κ2) is 4.75. The van der Waals surface area contributed by atoms with Gasteiger partial charge in [0.25, 0.3) is 0 Å². The SMILES string of the molecule is Cc1ccc2c(oc3cc4ccccc4cc32)c1-n1cccc1C. The van der Waals surface area contributed by atoms with Gasteiger partial charge in [-0.3, -0.25) is 0 Å². The van der Waals surface area contributed by atoms with Gasteiger partial charge >= 0.3 is 0 Å². The van der Waals surface area contributed by atoms with Gasteiger partial charge in [-0.2, -0.15) is 0 Å².